The van der Waals surface area contributed by atoms with Gasteiger partial charge in [0.05, 0.1) is 23.5 Å². The summed E-state index contributed by atoms with van der Waals surface area (Å²) >= 11 is 6.14. The standard InChI is InChI=1S/C19H23ClFN3O/c1-2-25-19-11-14(3-4-16(19)20)13-24-9-6-15(7-10-24)23-18-5-8-22-12-17(18)21/h3-5,8,11-12,15H,2,6-7,9-10,13H2,1H3,(H,22,23). The number of rotatable bonds is 6. The Bertz CT molecular complexity index is 705. The number of aromatic nitrogens is 1. The van der Waals surface area contributed by atoms with Gasteiger partial charge >= 0.3 is 0 Å². The molecule has 0 unspecified atom stereocenters. The number of benzene rings is 1. The molecule has 0 radical (unpaired) electrons. The first-order valence-electron chi connectivity index (χ1n) is 8.65. The lowest BCUT2D eigenvalue weighted by molar-refractivity contribution is 0.211. The maximum atomic E-state index is 13.7. The molecule has 1 fully saturated rings. The highest BCUT2D eigenvalue weighted by Crippen LogP contribution is 2.27. The molecule has 0 saturated carbocycles. The van der Waals surface area contributed by atoms with E-state index in [1.165, 1.54) is 11.8 Å². The Morgan fingerprint density at radius 1 is 1.32 bits per heavy atom. The Kier molecular flexibility index (Phi) is 6.10. The summed E-state index contributed by atoms with van der Waals surface area (Å²) in [5.74, 6) is 0.445. The number of piperidine rings is 1. The van der Waals surface area contributed by atoms with Crippen LogP contribution in [0.3, 0.4) is 0 Å². The Hall–Kier alpha value is -1.85. The average Bonchev–Trinajstić information content (AvgIpc) is 2.62. The van der Waals surface area contributed by atoms with Gasteiger partial charge in [-0.1, -0.05) is 17.7 Å². The number of hydrogen-bond acceptors (Lipinski definition) is 4. The zero-order valence-electron chi connectivity index (χ0n) is 14.3. The number of ether oxygens (including phenoxy) is 1. The van der Waals surface area contributed by atoms with Gasteiger partial charge in [-0.3, -0.25) is 9.88 Å². The van der Waals surface area contributed by atoms with E-state index >= 15 is 0 Å². The summed E-state index contributed by atoms with van der Waals surface area (Å²) in [6.07, 6.45) is 4.81. The van der Waals surface area contributed by atoms with Gasteiger partial charge in [-0.2, -0.15) is 0 Å². The number of nitrogens with one attached hydrogen (secondary N) is 1. The van der Waals surface area contributed by atoms with Crippen LogP contribution in [0.15, 0.2) is 36.7 Å². The largest absolute Gasteiger partial charge is 0.492 e. The molecular formula is C19H23ClFN3O. The lowest BCUT2D eigenvalue weighted by Crippen LogP contribution is -2.38. The number of hydrogen-bond donors (Lipinski definition) is 1. The van der Waals surface area contributed by atoms with Crippen LogP contribution in [0.2, 0.25) is 5.02 Å². The lowest BCUT2D eigenvalue weighted by atomic mass is 10.0. The Balaban J connectivity index is 1.53. The van der Waals surface area contributed by atoms with E-state index in [1.807, 2.05) is 25.1 Å². The minimum atomic E-state index is -0.297. The molecule has 0 atom stereocenters. The summed E-state index contributed by atoms with van der Waals surface area (Å²) in [5.41, 5.74) is 1.73. The third-order valence-corrected chi connectivity index (χ3v) is 4.73. The van der Waals surface area contributed by atoms with E-state index in [-0.39, 0.29) is 11.9 Å². The number of nitrogens with zero attached hydrogens (tertiary/aromatic N) is 2. The molecule has 0 spiro atoms. The minimum Gasteiger partial charge on any atom is -0.492 e. The quantitative estimate of drug-likeness (QED) is 0.828. The maximum absolute atomic E-state index is 13.7. The molecule has 3 rings (SSSR count). The average molecular weight is 364 g/mol. The van der Waals surface area contributed by atoms with Gasteiger partial charge in [0.2, 0.25) is 0 Å². The molecule has 1 saturated heterocycles. The van der Waals surface area contributed by atoms with Gasteiger partial charge in [0.1, 0.15) is 5.75 Å². The van der Waals surface area contributed by atoms with E-state index in [0.29, 0.717) is 17.3 Å². The lowest BCUT2D eigenvalue weighted by Gasteiger charge is -2.33. The number of likely N-dealkylation sites (tertiary alicyclic amines) is 1. The normalized spacial score (nSPS) is 16.0. The van der Waals surface area contributed by atoms with Crippen LogP contribution in [0, 0.1) is 5.82 Å². The van der Waals surface area contributed by atoms with Crippen LogP contribution in [-0.2, 0) is 6.54 Å². The molecule has 1 aromatic carbocycles. The molecule has 134 valence electrons. The van der Waals surface area contributed by atoms with E-state index < -0.39 is 0 Å². The predicted molar refractivity (Wildman–Crippen MR) is 98.7 cm³/mol. The summed E-state index contributed by atoms with van der Waals surface area (Å²) in [7, 11) is 0. The number of halogens is 2. The minimum absolute atomic E-state index is 0.289. The van der Waals surface area contributed by atoms with Gasteiger partial charge in [0.25, 0.3) is 0 Å². The van der Waals surface area contributed by atoms with Crippen molar-refractivity contribution in [3.05, 3.63) is 53.1 Å². The summed E-state index contributed by atoms with van der Waals surface area (Å²) < 4.78 is 19.2. The molecule has 25 heavy (non-hydrogen) atoms. The molecule has 4 nitrogen and oxygen atoms in total. The van der Waals surface area contributed by atoms with Crippen LogP contribution >= 0.6 is 11.6 Å². The Morgan fingerprint density at radius 3 is 2.84 bits per heavy atom. The summed E-state index contributed by atoms with van der Waals surface area (Å²) in [4.78, 5) is 6.18. The van der Waals surface area contributed by atoms with Crippen LogP contribution in [0.25, 0.3) is 0 Å². The SMILES string of the molecule is CCOc1cc(CN2CCC(Nc3ccncc3F)CC2)ccc1Cl. The topological polar surface area (TPSA) is 37.4 Å². The van der Waals surface area contributed by atoms with Gasteiger partial charge in [0, 0.05) is 31.9 Å². The molecule has 0 aliphatic carbocycles. The highest BCUT2D eigenvalue weighted by Gasteiger charge is 2.20. The van der Waals surface area contributed by atoms with Gasteiger partial charge < -0.3 is 10.1 Å². The second-order valence-electron chi connectivity index (χ2n) is 6.25. The van der Waals surface area contributed by atoms with Crippen molar-refractivity contribution >= 4 is 17.3 Å². The van der Waals surface area contributed by atoms with Crippen LogP contribution in [0.1, 0.15) is 25.3 Å². The first-order valence-corrected chi connectivity index (χ1v) is 9.03. The van der Waals surface area contributed by atoms with Crippen molar-refractivity contribution in [2.75, 3.05) is 25.0 Å². The van der Waals surface area contributed by atoms with Gasteiger partial charge in [-0.25, -0.2) is 4.39 Å². The zero-order chi connectivity index (χ0) is 17.6. The third kappa shape index (κ3) is 4.83. The first kappa shape index (κ1) is 18.0. The second-order valence-corrected chi connectivity index (χ2v) is 6.66. The van der Waals surface area contributed by atoms with Crippen LogP contribution in [-0.4, -0.2) is 35.6 Å². The van der Waals surface area contributed by atoms with E-state index in [4.69, 9.17) is 16.3 Å². The van der Waals surface area contributed by atoms with Crippen molar-refractivity contribution in [3.8, 4) is 5.75 Å². The molecule has 6 heteroatoms. The van der Waals surface area contributed by atoms with Crippen molar-refractivity contribution in [3.63, 3.8) is 0 Å². The van der Waals surface area contributed by atoms with Crippen molar-refractivity contribution in [1.82, 2.24) is 9.88 Å². The first-order chi connectivity index (χ1) is 12.2. The highest BCUT2D eigenvalue weighted by molar-refractivity contribution is 6.32. The molecule has 1 N–H and O–H groups in total. The Labute approximate surface area is 153 Å². The van der Waals surface area contributed by atoms with Crippen LogP contribution < -0.4 is 10.1 Å². The molecule has 0 amide bonds. The molecule has 1 aromatic heterocycles. The number of anilines is 1. The molecule has 2 heterocycles. The summed E-state index contributed by atoms with van der Waals surface area (Å²) in [5, 5.41) is 3.93. The zero-order valence-corrected chi connectivity index (χ0v) is 15.1. The monoisotopic (exact) mass is 363 g/mol. The molecule has 1 aliphatic heterocycles. The third-order valence-electron chi connectivity index (χ3n) is 4.42. The van der Waals surface area contributed by atoms with E-state index in [2.05, 4.69) is 15.2 Å². The van der Waals surface area contributed by atoms with Crippen molar-refractivity contribution < 1.29 is 9.13 Å². The van der Waals surface area contributed by atoms with E-state index in [9.17, 15) is 4.39 Å². The maximum Gasteiger partial charge on any atom is 0.164 e. The molecule has 0 bridgehead atoms. The van der Waals surface area contributed by atoms with Crippen molar-refractivity contribution in [2.45, 2.75) is 32.4 Å². The van der Waals surface area contributed by atoms with Crippen LogP contribution in [0.5, 0.6) is 5.75 Å². The molecule has 1 aliphatic rings. The van der Waals surface area contributed by atoms with Crippen LogP contribution in [0.4, 0.5) is 10.1 Å². The van der Waals surface area contributed by atoms with E-state index in [0.717, 1.165) is 38.2 Å². The van der Waals surface area contributed by atoms with E-state index in [1.54, 1.807) is 12.3 Å². The Morgan fingerprint density at radius 2 is 2.12 bits per heavy atom. The van der Waals surface area contributed by atoms with Gasteiger partial charge in [0.15, 0.2) is 5.82 Å². The fraction of sp³-hybridized carbons (Fsp3) is 0.421. The van der Waals surface area contributed by atoms with Gasteiger partial charge in [-0.05, 0) is 43.5 Å². The van der Waals surface area contributed by atoms with Crippen molar-refractivity contribution in [2.24, 2.45) is 0 Å². The predicted octanol–water partition coefficient (Wildman–Crippen LogP) is 4.35. The molecule has 2 aromatic rings. The van der Waals surface area contributed by atoms with Gasteiger partial charge in [-0.15, -0.1) is 0 Å². The van der Waals surface area contributed by atoms with Crippen molar-refractivity contribution in [1.29, 1.82) is 0 Å². The summed E-state index contributed by atoms with van der Waals surface area (Å²) in [6, 6.07) is 7.93. The smallest absolute Gasteiger partial charge is 0.164 e. The summed E-state index contributed by atoms with van der Waals surface area (Å²) in [6.45, 7) is 5.36. The fourth-order valence-electron chi connectivity index (χ4n) is 3.12. The molecular weight excluding hydrogens is 341 g/mol. The second kappa shape index (κ2) is 8.50. The highest BCUT2D eigenvalue weighted by atomic mass is 35.5. The number of pyridine rings is 1. The fourth-order valence-corrected chi connectivity index (χ4v) is 3.29.